The van der Waals surface area contributed by atoms with E-state index in [9.17, 15) is 4.79 Å². The molecule has 22 heavy (non-hydrogen) atoms. The van der Waals surface area contributed by atoms with Crippen LogP contribution in [0.2, 0.25) is 0 Å². The molecular formula is C15H13N3O2S2. The van der Waals surface area contributed by atoms with Gasteiger partial charge in [0.05, 0.1) is 26.8 Å². The summed E-state index contributed by atoms with van der Waals surface area (Å²) in [6.45, 7) is 3.96. The predicted octanol–water partition coefficient (Wildman–Crippen LogP) is 4.33. The number of aryl methyl sites for hydroxylation is 2. The lowest BCUT2D eigenvalue weighted by Crippen LogP contribution is -1.96. The van der Waals surface area contributed by atoms with Crippen LogP contribution in [0.25, 0.3) is 10.6 Å². The van der Waals surface area contributed by atoms with E-state index in [0.717, 1.165) is 32.1 Å². The quantitative estimate of drug-likeness (QED) is 0.744. The minimum absolute atomic E-state index is 0.265. The Morgan fingerprint density at radius 1 is 1.18 bits per heavy atom. The van der Waals surface area contributed by atoms with Crippen molar-refractivity contribution in [1.29, 1.82) is 0 Å². The molecule has 3 rings (SSSR count). The Labute approximate surface area is 135 Å². The number of hydrogen-bond donors (Lipinski definition) is 2. The lowest BCUT2D eigenvalue weighted by atomic mass is 10.2. The Morgan fingerprint density at radius 3 is 2.50 bits per heavy atom. The van der Waals surface area contributed by atoms with E-state index in [-0.39, 0.29) is 5.56 Å². The van der Waals surface area contributed by atoms with Gasteiger partial charge in [-0.25, -0.2) is 14.8 Å². The Balaban J connectivity index is 1.79. The minimum atomic E-state index is -0.931. The highest BCUT2D eigenvalue weighted by molar-refractivity contribution is 7.16. The predicted molar refractivity (Wildman–Crippen MR) is 89.4 cm³/mol. The Bertz CT molecular complexity index is 822. The number of hydrogen-bond acceptors (Lipinski definition) is 6. The molecule has 0 aliphatic heterocycles. The van der Waals surface area contributed by atoms with Gasteiger partial charge in [0.2, 0.25) is 0 Å². The topological polar surface area (TPSA) is 75.1 Å². The number of aromatic carboxylic acids is 1. The van der Waals surface area contributed by atoms with Crippen LogP contribution in [0.4, 0.5) is 10.8 Å². The van der Waals surface area contributed by atoms with E-state index >= 15 is 0 Å². The fourth-order valence-corrected chi connectivity index (χ4v) is 3.70. The van der Waals surface area contributed by atoms with Crippen molar-refractivity contribution in [2.45, 2.75) is 13.8 Å². The molecule has 3 aromatic rings. The standard InChI is InChI=1S/C15H13N3O2S2/c1-8-13(22-9(2)16-8)12-7-21-15(18-12)17-11-5-3-10(4-6-11)14(19)20/h3-7H,1-2H3,(H,17,18)(H,19,20). The van der Waals surface area contributed by atoms with Crippen molar-refractivity contribution in [3.63, 3.8) is 0 Å². The summed E-state index contributed by atoms with van der Waals surface area (Å²) in [5, 5.41) is 15.9. The highest BCUT2D eigenvalue weighted by Crippen LogP contribution is 2.32. The molecule has 2 N–H and O–H groups in total. The molecule has 7 heteroatoms. The normalized spacial score (nSPS) is 10.6. The van der Waals surface area contributed by atoms with E-state index in [1.54, 1.807) is 35.6 Å². The van der Waals surface area contributed by atoms with Gasteiger partial charge < -0.3 is 10.4 Å². The Kier molecular flexibility index (Phi) is 3.91. The molecule has 1 aromatic carbocycles. The van der Waals surface area contributed by atoms with Gasteiger partial charge in [-0.2, -0.15) is 0 Å². The summed E-state index contributed by atoms with van der Waals surface area (Å²) in [6.07, 6.45) is 0. The van der Waals surface area contributed by atoms with E-state index in [0.29, 0.717) is 0 Å². The highest BCUT2D eigenvalue weighted by Gasteiger charge is 2.11. The van der Waals surface area contributed by atoms with Crippen molar-refractivity contribution in [2.75, 3.05) is 5.32 Å². The number of anilines is 2. The molecule has 2 heterocycles. The zero-order valence-electron chi connectivity index (χ0n) is 12.0. The van der Waals surface area contributed by atoms with Crippen LogP contribution in [0.1, 0.15) is 21.1 Å². The maximum atomic E-state index is 10.8. The van der Waals surface area contributed by atoms with E-state index in [1.807, 2.05) is 19.2 Å². The van der Waals surface area contributed by atoms with Gasteiger partial charge in [-0.3, -0.25) is 0 Å². The number of nitrogens with one attached hydrogen (secondary N) is 1. The van der Waals surface area contributed by atoms with Crippen molar-refractivity contribution in [3.8, 4) is 10.6 Å². The summed E-state index contributed by atoms with van der Waals surface area (Å²) in [5.41, 5.74) is 2.98. The highest BCUT2D eigenvalue weighted by atomic mass is 32.1. The number of rotatable bonds is 4. The first-order valence-corrected chi connectivity index (χ1v) is 8.23. The van der Waals surface area contributed by atoms with Gasteiger partial charge in [-0.15, -0.1) is 22.7 Å². The van der Waals surface area contributed by atoms with Crippen molar-refractivity contribution >= 4 is 39.5 Å². The summed E-state index contributed by atoms with van der Waals surface area (Å²) in [6, 6.07) is 6.59. The van der Waals surface area contributed by atoms with E-state index in [1.165, 1.54) is 11.3 Å². The number of thiazole rings is 2. The molecule has 0 saturated heterocycles. The zero-order chi connectivity index (χ0) is 15.7. The lowest BCUT2D eigenvalue weighted by molar-refractivity contribution is 0.0697. The fourth-order valence-electron chi connectivity index (χ4n) is 2.02. The number of carbonyl (C=O) groups is 1. The molecule has 0 aliphatic rings. The summed E-state index contributed by atoms with van der Waals surface area (Å²) < 4.78 is 0. The average molecular weight is 331 g/mol. The average Bonchev–Trinajstić information content (AvgIpc) is 3.06. The largest absolute Gasteiger partial charge is 0.478 e. The van der Waals surface area contributed by atoms with E-state index in [4.69, 9.17) is 5.11 Å². The first-order chi connectivity index (χ1) is 10.5. The number of nitrogens with zero attached hydrogens (tertiary/aromatic N) is 2. The van der Waals surface area contributed by atoms with Gasteiger partial charge in [0.1, 0.15) is 0 Å². The number of aromatic nitrogens is 2. The van der Waals surface area contributed by atoms with Crippen molar-refractivity contribution < 1.29 is 9.90 Å². The second kappa shape index (κ2) is 5.86. The second-order valence-electron chi connectivity index (χ2n) is 4.69. The van der Waals surface area contributed by atoms with Crippen LogP contribution in [0.3, 0.4) is 0 Å². The SMILES string of the molecule is Cc1nc(C)c(-c2csc(Nc3ccc(C(=O)O)cc3)n2)s1. The molecule has 0 saturated carbocycles. The van der Waals surface area contributed by atoms with Gasteiger partial charge in [-0.05, 0) is 38.1 Å². The summed E-state index contributed by atoms with van der Waals surface area (Å²) in [5.74, 6) is -0.931. The van der Waals surface area contributed by atoms with Gasteiger partial charge in [0.15, 0.2) is 5.13 Å². The third kappa shape index (κ3) is 3.00. The Hall–Kier alpha value is -2.25. The molecule has 0 radical (unpaired) electrons. The third-order valence-corrected chi connectivity index (χ3v) is 4.88. The molecule has 0 unspecified atom stereocenters. The van der Waals surface area contributed by atoms with Crippen LogP contribution >= 0.6 is 22.7 Å². The second-order valence-corrected chi connectivity index (χ2v) is 6.75. The summed E-state index contributed by atoms with van der Waals surface area (Å²) in [4.78, 5) is 20.9. The first kappa shape index (κ1) is 14.7. The van der Waals surface area contributed by atoms with Gasteiger partial charge in [-0.1, -0.05) is 0 Å². The number of benzene rings is 1. The van der Waals surface area contributed by atoms with Crippen LogP contribution in [0.5, 0.6) is 0 Å². The number of carboxylic acids is 1. The summed E-state index contributed by atoms with van der Waals surface area (Å²) in [7, 11) is 0. The summed E-state index contributed by atoms with van der Waals surface area (Å²) >= 11 is 3.14. The molecule has 0 bridgehead atoms. The van der Waals surface area contributed by atoms with Gasteiger partial charge in [0.25, 0.3) is 0 Å². The van der Waals surface area contributed by atoms with E-state index in [2.05, 4.69) is 15.3 Å². The molecule has 5 nitrogen and oxygen atoms in total. The maximum absolute atomic E-state index is 10.8. The lowest BCUT2D eigenvalue weighted by Gasteiger charge is -2.02. The molecule has 112 valence electrons. The van der Waals surface area contributed by atoms with Crippen LogP contribution in [-0.4, -0.2) is 21.0 Å². The molecule has 0 aliphatic carbocycles. The van der Waals surface area contributed by atoms with Crippen LogP contribution in [0.15, 0.2) is 29.6 Å². The van der Waals surface area contributed by atoms with Crippen molar-refractivity contribution in [1.82, 2.24) is 9.97 Å². The van der Waals surface area contributed by atoms with E-state index < -0.39 is 5.97 Å². The smallest absolute Gasteiger partial charge is 0.335 e. The Morgan fingerprint density at radius 2 is 1.91 bits per heavy atom. The number of carboxylic acid groups (broad SMARTS) is 1. The minimum Gasteiger partial charge on any atom is -0.478 e. The van der Waals surface area contributed by atoms with Crippen LogP contribution in [0, 0.1) is 13.8 Å². The van der Waals surface area contributed by atoms with Crippen LogP contribution in [-0.2, 0) is 0 Å². The maximum Gasteiger partial charge on any atom is 0.335 e. The monoisotopic (exact) mass is 331 g/mol. The third-order valence-electron chi connectivity index (χ3n) is 3.02. The fraction of sp³-hybridized carbons (Fsp3) is 0.133. The molecule has 2 aromatic heterocycles. The van der Waals surface area contributed by atoms with Crippen LogP contribution < -0.4 is 5.32 Å². The first-order valence-electron chi connectivity index (χ1n) is 6.53. The molecule has 0 atom stereocenters. The van der Waals surface area contributed by atoms with Crippen molar-refractivity contribution in [3.05, 3.63) is 45.9 Å². The van der Waals surface area contributed by atoms with Gasteiger partial charge >= 0.3 is 5.97 Å². The molecule has 0 amide bonds. The van der Waals surface area contributed by atoms with Crippen molar-refractivity contribution in [2.24, 2.45) is 0 Å². The molecular weight excluding hydrogens is 318 g/mol. The zero-order valence-corrected chi connectivity index (χ0v) is 13.6. The molecule has 0 spiro atoms. The van der Waals surface area contributed by atoms with Gasteiger partial charge in [0, 0.05) is 11.1 Å². The molecule has 0 fully saturated rings.